The fourth-order valence-corrected chi connectivity index (χ4v) is 4.30. The van der Waals surface area contributed by atoms with Crippen molar-refractivity contribution in [3.8, 4) is 16.7 Å². The fourth-order valence-electron chi connectivity index (χ4n) is 3.71. The van der Waals surface area contributed by atoms with E-state index in [-0.39, 0.29) is 11.5 Å². The van der Waals surface area contributed by atoms with E-state index < -0.39 is 0 Å². The molecule has 4 rings (SSSR count). The van der Waals surface area contributed by atoms with E-state index in [1.165, 1.54) is 17.3 Å². The molecule has 6 N–H and O–H groups in total. The number of aryl methyl sites for hydroxylation is 1. The summed E-state index contributed by atoms with van der Waals surface area (Å²) in [5.41, 5.74) is 16.5. The van der Waals surface area contributed by atoms with Crippen LogP contribution in [0.5, 0.6) is 0 Å². The average Bonchev–Trinajstić information content (AvgIpc) is 2.94. The van der Waals surface area contributed by atoms with Crippen molar-refractivity contribution in [3.05, 3.63) is 106 Å². The number of rotatable bonds is 4. The molecule has 0 fully saturated rings. The molecule has 216 valence electrons. The highest BCUT2D eigenvalue weighted by atomic mass is 35.5. The number of thioether (sulfide) groups is 1. The molecule has 3 aromatic rings. The number of hydrogen-bond donors (Lipinski definition) is 4. The monoisotopic (exact) mass is 589 g/mol. The van der Waals surface area contributed by atoms with Gasteiger partial charge in [-0.15, -0.1) is 0 Å². The van der Waals surface area contributed by atoms with Gasteiger partial charge in [0.15, 0.2) is 0 Å². The number of thiocyanates is 1. The Morgan fingerprint density at radius 1 is 1.10 bits per heavy atom. The van der Waals surface area contributed by atoms with Gasteiger partial charge in [0.1, 0.15) is 11.2 Å². The van der Waals surface area contributed by atoms with Gasteiger partial charge in [0, 0.05) is 26.6 Å². The Morgan fingerprint density at radius 2 is 1.71 bits per heavy atom. The molecule has 9 heteroatoms. The van der Waals surface area contributed by atoms with Crippen molar-refractivity contribution in [2.75, 3.05) is 0 Å². The highest BCUT2D eigenvalue weighted by molar-refractivity contribution is 8.07. The SMILES string of the molecule is C=C(C)N.C=C(N)C1=CC=C(SC#N)CC1.CC.CCc1ccc2c(c1)c(-c1ccc(Cl)cc1)nc(=N)n2C(C)=N. The first kappa shape index (κ1) is 35.0. The van der Waals surface area contributed by atoms with Crippen LogP contribution >= 0.6 is 23.4 Å². The van der Waals surface area contributed by atoms with Crippen LogP contribution in [0.3, 0.4) is 0 Å². The van der Waals surface area contributed by atoms with Gasteiger partial charge in [-0.2, -0.15) is 5.26 Å². The van der Waals surface area contributed by atoms with Crippen molar-refractivity contribution >= 4 is 40.1 Å². The maximum absolute atomic E-state index is 8.40. The largest absolute Gasteiger partial charge is 0.403 e. The zero-order chi connectivity index (χ0) is 31.1. The molecular weight excluding hydrogens is 550 g/mol. The van der Waals surface area contributed by atoms with Gasteiger partial charge in [0.2, 0.25) is 5.62 Å². The summed E-state index contributed by atoms with van der Waals surface area (Å²) in [4.78, 5) is 5.54. The van der Waals surface area contributed by atoms with Crippen LogP contribution in [0.4, 0.5) is 0 Å². The first-order valence-electron chi connectivity index (χ1n) is 13.2. The number of nitrogens with two attached hydrogens (primary N) is 2. The number of fused-ring (bicyclic) bond motifs is 1. The van der Waals surface area contributed by atoms with E-state index in [0.717, 1.165) is 51.9 Å². The van der Waals surface area contributed by atoms with E-state index in [1.807, 2.05) is 67.8 Å². The number of benzene rings is 2. The molecule has 0 aliphatic heterocycles. The summed E-state index contributed by atoms with van der Waals surface area (Å²) in [5.74, 6) is 0.277. The molecule has 1 heterocycles. The zero-order valence-electron chi connectivity index (χ0n) is 24.5. The van der Waals surface area contributed by atoms with E-state index in [4.69, 9.17) is 39.1 Å². The molecule has 41 heavy (non-hydrogen) atoms. The van der Waals surface area contributed by atoms with Crippen molar-refractivity contribution in [3.63, 3.8) is 0 Å². The summed E-state index contributed by atoms with van der Waals surface area (Å²) in [6.07, 6.45) is 6.59. The van der Waals surface area contributed by atoms with Crippen molar-refractivity contribution in [1.82, 2.24) is 9.55 Å². The van der Waals surface area contributed by atoms with Gasteiger partial charge in [-0.3, -0.25) is 15.4 Å². The third-order valence-corrected chi connectivity index (χ3v) is 6.49. The summed E-state index contributed by atoms with van der Waals surface area (Å²) in [6, 6.07) is 13.5. The number of allylic oxidation sites excluding steroid dienone is 5. The Labute approximate surface area is 253 Å². The minimum Gasteiger partial charge on any atom is -0.403 e. The van der Waals surface area contributed by atoms with E-state index in [2.05, 4.69) is 31.1 Å². The van der Waals surface area contributed by atoms with Crippen molar-refractivity contribution in [1.29, 1.82) is 16.1 Å². The third-order valence-electron chi connectivity index (χ3n) is 5.55. The van der Waals surface area contributed by atoms with Crippen molar-refractivity contribution in [2.24, 2.45) is 11.5 Å². The molecule has 1 aliphatic carbocycles. The lowest BCUT2D eigenvalue weighted by molar-refractivity contribution is 0.910. The average molecular weight is 590 g/mol. The Bertz CT molecular complexity index is 1540. The molecule has 0 saturated heterocycles. The normalized spacial score (nSPS) is 11.5. The van der Waals surface area contributed by atoms with Gasteiger partial charge in [0.25, 0.3) is 0 Å². The quantitative estimate of drug-likeness (QED) is 0.138. The smallest absolute Gasteiger partial charge is 0.228 e. The minimum absolute atomic E-state index is 0.0548. The summed E-state index contributed by atoms with van der Waals surface area (Å²) in [5, 5.41) is 28.2. The first-order chi connectivity index (χ1) is 19.5. The number of aromatic nitrogens is 2. The second kappa shape index (κ2) is 17.6. The van der Waals surface area contributed by atoms with Gasteiger partial charge in [-0.1, -0.05) is 75.9 Å². The van der Waals surface area contributed by atoms with Gasteiger partial charge >= 0.3 is 0 Å². The Balaban J connectivity index is 0.000000391. The van der Waals surface area contributed by atoms with Crippen molar-refractivity contribution < 1.29 is 0 Å². The topological polar surface area (TPSA) is 141 Å². The van der Waals surface area contributed by atoms with Crippen LogP contribution in [-0.2, 0) is 6.42 Å². The van der Waals surface area contributed by atoms with Gasteiger partial charge < -0.3 is 11.5 Å². The summed E-state index contributed by atoms with van der Waals surface area (Å²) in [6.45, 7) is 16.5. The van der Waals surface area contributed by atoms with Crippen LogP contribution in [0.15, 0.2) is 89.6 Å². The number of nitrogens with zero attached hydrogens (tertiary/aromatic N) is 3. The lowest BCUT2D eigenvalue weighted by atomic mass is 10.0. The molecule has 0 saturated carbocycles. The van der Waals surface area contributed by atoms with Gasteiger partial charge in [-0.25, -0.2) is 4.98 Å². The summed E-state index contributed by atoms with van der Waals surface area (Å²) >= 11 is 7.19. The van der Waals surface area contributed by atoms with Crippen LogP contribution in [0, 0.1) is 21.5 Å². The Hall–Kier alpha value is -4.06. The van der Waals surface area contributed by atoms with Gasteiger partial charge in [-0.05, 0) is 86.0 Å². The molecule has 0 amide bonds. The van der Waals surface area contributed by atoms with E-state index >= 15 is 0 Å². The number of nitriles is 1. The molecule has 1 aliphatic rings. The molecule has 0 unspecified atom stereocenters. The number of halogens is 1. The van der Waals surface area contributed by atoms with E-state index in [0.29, 0.717) is 16.4 Å². The summed E-state index contributed by atoms with van der Waals surface area (Å²) in [7, 11) is 0. The number of nitrogens with one attached hydrogen (secondary N) is 2. The molecule has 0 spiro atoms. The summed E-state index contributed by atoms with van der Waals surface area (Å²) < 4.78 is 1.55. The minimum atomic E-state index is 0.0548. The Morgan fingerprint density at radius 3 is 2.17 bits per heavy atom. The molecule has 2 aromatic carbocycles. The molecule has 0 radical (unpaired) electrons. The number of hydrogen-bond acceptors (Lipinski definition) is 7. The lowest BCUT2D eigenvalue weighted by Gasteiger charge is -2.14. The highest BCUT2D eigenvalue weighted by Crippen LogP contribution is 2.28. The lowest BCUT2D eigenvalue weighted by Crippen LogP contribution is -2.28. The maximum Gasteiger partial charge on any atom is 0.228 e. The standard InChI is InChI=1S/C18H17ClN4.C9H10N2S.C3H7N.C2H6/c1-3-12-4-9-16-15(10-12)17(13-5-7-14(19)8-6-13)22-18(21)23(16)11(2)20;1-7(11)8-2-4-9(5-3-8)12-6-10;1-3(2)4;1-2/h4-10,20-21H,3H2,1-2H3;2,4H,1,3,5,11H2;1,4H2,2H3;1-2H3. The molecule has 1 aromatic heterocycles. The second-order valence-corrected chi connectivity index (χ2v) is 10.2. The molecule has 0 bridgehead atoms. The van der Waals surface area contributed by atoms with Gasteiger partial charge in [0.05, 0.1) is 11.2 Å². The van der Waals surface area contributed by atoms with E-state index in [9.17, 15) is 0 Å². The second-order valence-electron chi connectivity index (χ2n) is 8.81. The predicted molar refractivity (Wildman–Crippen MR) is 176 cm³/mol. The molecule has 0 atom stereocenters. The fraction of sp³-hybridized carbons (Fsp3) is 0.250. The predicted octanol–water partition coefficient (Wildman–Crippen LogP) is 8.03. The van der Waals surface area contributed by atoms with Crippen LogP contribution in [0.25, 0.3) is 22.2 Å². The maximum atomic E-state index is 8.40. The molecule has 7 nitrogen and oxygen atoms in total. The highest BCUT2D eigenvalue weighted by Gasteiger charge is 2.12. The zero-order valence-corrected chi connectivity index (χ0v) is 26.1. The Kier molecular flexibility index (Phi) is 15.0. The van der Waals surface area contributed by atoms with Crippen LogP contribution in [-0.4, -0.2) is 15.4 Å². The third kappa shape index (κ3) is 10.8. The van der Waals surface area contributed by atoms with E-state index in [1.54, 1.807) is 18.4 Å². The van der Waals surface area contributed by atoms with Crippen LogP contribution < -0.4 is 17.1 Å². The van der Waals surface area contributed by atoms with Crippen LogP contribution in [0.2, 0.25) is 5.02 Å². The van der Waals surface area contributed by atoms with Crippen LogP contribution in [0.1, 0.15) is 53.0 Å². The molecular formula is C32H40ClN7S. The first-order valence-corrected chi connectivity index (χ1v) is 14.4. The van der Waals surface area contributed by atoms with Crippen molar-refractivity contribution in [2.45, 2.75) is 53.9 Å².